The van der Waals surface area contributed by atoms with Crippen LogP contribution in [-0.2, 0) is 14.3 Å². The molecule has 5 nitrogen and oxygen atoms in total. The van der Waals surface area contributed by atoms with E-state index in [2.05, 4.69) is 0 Å². The second kappa shape index (κ2) is 8.35. The summed E-state index contributed by atoms with van der Waals surface area (Å²) in [5.74, 6) is -2.21. The molecule has 1 fully saturated rings. The molecule has 1 amide bonds. The second-order valence-corrected chi connectivity index (χ2v) is 7.02. The number of halogens is 1. The molecule has 0 spiro atoms. The minimum absolute atomic E-state index is 0.0487. The minimum Gasteiger partial charge on any atom is -0.457 e. The summed E-state index contributed by atoms with van der Waals surface area (Å²) in [7, 11) is 0. The first-order chi connectivity index (χ1) is 13.0. The van der Waals surface area contributed by atoms with Gasteiger partial charge in [0.25, 0.3) is 0 Å². The summed E-state index contributed by atoms with van der Waals surface area (Å²) in [5, 5.41) is 0. The first-order valence-electron chi connectivity index (χ1n) is 8.37. The number of hydrogen-bond acceptors (Lipinski definition) is 5. The maximum absolute atomic E-state index is 12.9. The Morgan fingerprint density at radius 1 is 1.22 bits per heavy atom. The van der Waals surface area contributed by atoms with Gasteiger partial charge in [0.05, 0.1) is 5.92 Å². The van der Waals surface area contributed by atoms with E-state index < -0.39 is 30.1 Å². The van der Waals surface area contributed by atoms with E-state index in [4.69, 9.17) is 4.74 Å². The number of esters is 1. The molecular weight excluding hydrogens is 369 g/mol. The Morgan fingerprint density at radius 3 is 2.67 bits per heavy atom. The Morgan fingerprint density at radius 2 is 1.96 bits per heavy atom. The molecule has 1 saturated heterocycles. The number of Topliss-reactive ketones (excluding diaryl/α,β-unsaturated/α-hetero) is 1. The number of benzene rings is 2. The van der Waals surface area contributed by atoms with E-state index >= 15 is 0 Å². The maximum Gasteiger partial charge on any atom is 0.311 e. The van der Waals surface area contributed by atoms with Crippen LogP contribution in [0.15, 0.2) is 53.4 Å². The van der Waals surface area contributed by atoms with Crippen molar-refractivity contribution < 1.29 is 23.5 Å². The average Bonchev–Trinajstić information content (AvgIpc) is 3.08. The van der Waals surface area contributed by atoms with Gasteiger partial charge in [-0.2, -0.15) is 0 Å². The number of ketones is 1. The van der Waals surface area contributed by atoms with Gasteiger partial charge in [-0.25, -0.2) is 4.39 Å². The zero-order chi connectivity index (χ0) is 19.4. The van der Waals surface area contributed by atoms with Gasteiger partial charge >= 0.3 is 5.97 Å². The van der Waals surface area contributed by atoms with E-state index in [1.54, 1.807) is 16.7 Å². The van der Waals surface area contributed by atoms with Crippen LogP contribution < -0.4 is 4.90 Å². The van der Waals surface area contributed by atoms with Crippen LogP contribution in [-0.4, -0.2) is 37.1 Å². The van der Waals surface area contributed by atoms with Crippen LogP contribution in [0, 0.1) is 11.7 Å². The monoisotopic (exact) mass is 387 g/mol. The van der Waals surface area contributed by atoms with Crippen LogP contribution in [0.5, 0.6) is 0 Å². The molecule has 1 atom stereocenters. The number of amides is 1. The second-order valence-electron chi connectivity index (χ2n) is 6.14. The van der Waals surface area contributed by atoms with Crippen molar-refractivity contribution in [2.45, 2.75) is 11.3 Å². The van der Waals surface area contributed by atoms with Crippen LogP contribution in [0.4, 0.5) is 10.1 Å². The number of thioether (sulfide) groups is 1. The van der Waals surface area contributed by atoms with E-state index in [9.17, 15) is 18.8 Å². The lowest BCUT2D eigenvalue weighted by Gasteiger charge is -2.17. The van der Waals surface area contributed by atoms with Crippen LogP contribution in [0.25, 0.3) is 0 Å². The summed E-state index contributed by atoms with van der Waals surface area (Å²) in [6, 6.07) is 12.5. The number of hydrogen-bond donors (Lipinski definition) is 0. The molecule has 1 aliphatic rings. The number of rotatable bonds is 6. The molecule has 140 valence electrons. The molecule has 0 unspecified atom stereocenters. The highest BCUT2D eigenvalue weighted by Gasteiger charge is 2.36. The largest absolute Gasteiger partial charge is 0.457 e. The fourth-order valence-electron chi connectivity index (χ4n) is 2.87. The molecular formula is C20H18FNO4S. The molecule has 0 aliphatic carbocycles. The molecule has 0 aromatic heterocycles. The predicted octanol–water partition coefficient (Wildman–Crippen LogP) is 3.33. The molecule has 3 rings (SSSR count). The third-order valence-corrected chi connectivity index (χ3v) is 5.06. The number of carbonyl (C=O) groups excluding carboxylic acids is 3. The fourth-order valence-corrected chi connectivity index (χ4v) is 3.32. The molecule has 2 aromatic carbocycles. The Labute approximate surface area is 160 Å². The third-order valence-electron chi connectivity index (χ3n) is 4.34. The van der Waals surface area contributed by atoms with E-state index in [-0.39, 0.29) is 24.4 Å². The molecule has 0 radical (unpaired) electrons. The molecule has 1 heterocycles. The molecule has 0 saturated carbocycles. The van der Waals surface area contributed by atoms with Crippen LogP contribution in [0.1, 0.15) is 16.8 Å². The van der Waals surface area contributed by atoms with Crippen LogP contribution in [0.2, 0.25) is 0 Å². The van der Waals surface area contributed by atoms with Gasteiger partial charge in [0.2, 0.25) is 5.91 Å². The van der Waals surface area contributed by atoms with Gasteiger partial charge in [-0.15, -0.1) is 11.8 Å². The highest BCUT2D eigenvalue weighted by Crippen LogP contribution is 2.28. The molecule has 2 aromatic rings. The molecule has 1 aliphatic heterocycles. The van der Waals surface area contributed by atoms with Gasteiger partial charge in [-0.05, 0) is 48.7 Å². The number of anilines is 1. The molecule has 0 bridgehead atoms. The van der Waals surface area contributed by atoms with Gasteiger partial charge in [0, 0.05) is 29.1 Å². The van der Waals surface area contributed by atoms with Crippen molar-refractivity contribution in [3.05, 3.63) is 59.9 Å². The zero-order valence-electron chi connectivity index (χ0n) is 14.7. The summed E-state index contributed by atoms with van der Waals surface area (Å²) < 4.78 is 18.0. The van der Waals surface area contributed by atoms with Crippen molar-refractivity contribution in [3.8, 4) is 0 Å². The van der Waals surface area contributed by atoms with E-state index in [0.717, 1.165) is 10.6 Å². The van der Waals surface area contributed by atoms with Crippen molar-refractivity contribution in [1.82, 2.24) is 0 Å². The molecule has 27 heavy (non-hydrogen) atoms. The molecule has 0 N–H and O–H groups in total. The highest BCUT2D eigenvalue weighted by atomic mass is 32.2. The zero-order valence-corrected chi connectivity index (χ0v) is 15.5. The van der Waals surface area contributed by atoms with Crippen molar-refractivity contribution in [2.24, 2.45) is 5.92 Å². The number of nitrogens with zero attached hydrogens (tertiary/aromatic N) is 1. The Balaban J connectivity index is 1.58. The Kier molecular flexibility index (Phi) is 5.91. The fraction of sp³-hybridized carbons (Fsp3) is 0.250. The van der Waals surface area contributed by atoms with E-state index in [1.807, 2.05) is 30.5 Å². The average molecular weight is 387 g/mol. The highest BCUT2D eigenvalue weighted by molar-refractivity contribution is 7.98. The summed E-state index contributed by atoms with van der Waals surface area (Å²) in [5.41, 5.74) is 1.01. The van der Waals surface area contributed by atoms with Crippen molar-refractivity contribution in [2.75, 3.05) is 24.3 Å². The quantitative estimate of drug-likeness (QED) is 0.432. The maximum atomic E-state index is 12.9. The van der Waals surface area contributed by atoms with Crippen molar-refractivity contribution in [1.29, 1.82) is 0 Å². The minimum atomic E-state index is -0.614. The third kappa shape index (κ3) is 4.54. The van der Waals surface area contributed by atoms with Gasteiger partial charge in [-0.3, -0.25) is 14.4 Å². The van der Waals surface area contributed by atoms with Gasteiger partial charge in [0.15, 0.2) is 12.4 Å². The summed E-state index contributed by atoms with van der Waals surface area (Å²) >= 11 is 1.57. The van der Waals surface area contributed by atoms with Crippen LogP contribution >= 0.6 is 11.8 Å². The topological polar surface area (TPSA) is 63.7 Å². The SMILES string of the molecule is CSc1cccc(N2C[C@H](C(=O)OCC(=O)c3ccc(F)cc3)CC2=O)c1. The van der Waals surface area contributed by atoms with Crippen LogP contribution in [0.3, 0.4) is 0 Å². The number of carbonyl (C=O) groups is 3. The van der Waals surface area contributed by atoms with E-state index in [1.165, 1.54) is 24.3 Å². The smallest absolute Gasteiger partial charge is 0.311 e. The summed E-state index contributed by atoms with van der Waals surface area (Å²) in [6.45, 7) is -0.211. The molecule has 7 heteroatoms. The van der Waals surface area contributed by atoms with E-state index in [0.29, 0.717) is 0 Å². The lowest BCUT2D eigenvalue weighted by Crippen LogP contribution is -2.27. The van der Waals surface area contributed by atoms with Gasteiger partial charge in [-0.1, -0.05) is 6.07 Å². The Hall–Kier alpha value is -2.67. The van der Waals surface area contributed by atoms with Crippen molar-refractivity contribution in [3.63, 3.8) is 0 Å². The summed E-state index contributed by atoms with van der Waals surface area (Å²) in [6.07, 6.45) is 2.00. The number of ether oxygens (including phenoxy) is 1. The predicted molar refractivity (Wildman–Crippen MR) is 100 cm³/mol. The first kappa shape index (κ1) is 19.1. The lowest BCUT2D eigenvalue weighted by atomic mass is 10.1. The first-order valence-corrected chi connectivity index (χ1v) is 9.60. The van der Waals surface area contributed by atoms with Gasteiger partial charge in [0.1, 0.15) is 5.82 Å². The normalized spacial score (nSPS) is 16.4. The van der Waals surface area contributed by atoms with Crippen molar-refractivity contribution >= 4 is 35.1 Å². The van der Waals surface area contributed by atoms with Gasteiger partial charge < -0.3 is 9.64 Å². The Bertz CT molecular complexity index is 869. The summed E-state index contributed by atoms with van der Waals surface area (Å²) in [4.78, 5) is 39.2. The standard InChI is InChI=1S/C20H18FNO4S/c1-27-17-4-2-3-16(10-17)22-11-14(9-19(22)24)20(25)26-12-18(23)13-5-7-15(21)8-6-13/h2-8,10,14H,9,11-12H2,1H3/t14-/m1/s1. The lowest BCUT2D eigenvalue weighted by molar-refractivity contribution is -0.147.